The molecule has 0 heterocycles. The zero-order valence-corrected chi connectivity index (χ0v) is 13.4. The molecule has 5 N–H and O–H groups in total. The smallest absolute Gasteiger partial charge is 0.322 e. The molecule has 0 spiro atoms. The van der Waals surface area contributed by atoms with Crippen molar-refractivity contribution in [1.82, 2.24) is 0 Å². The third-order valence-electron chi connectivity index (χ3n) is 2.84. The van der Waals surface area contributed by atoms with Crippen molar-refractivity contribution >= 4 is 11.9 Å². The van der Waals surface area contributed by atoms with Gasteiger partial charge in [0.1, 0.15) is 12.1 Å². The molecule has 2 atom stereocenters. The molecule has 0 bridgehead atoms. The molecule has 0 unspecified atom stereocenters. The monoisotopic (exact) mass is 310 g/mol. The van der Waals surface area contributed by atoms with Crippen molar-refractivity contribution in [3.8, 4) is 0 Å². The molecular weight excluding hydrogens is 284 g/mol. The lowest BCUT2D eigenvalue weighted by atomic mass is 10.1. The highest BCUT2D eigenvalue weighted by Crippen LogP contribution is 2.02. The third kappa shape index (κ3) is 9.10. The molecule has 0 aliphatic rings. The van der Waals surface area contributed by atoms with Crippen LogP contribution in [0.15, 0.2) is 30.3 Å². The number of carboxylic acid groups (broad SMARTS) is 1. The van der Waals surface area contributed by atoms with Crippen molar-refractivity contribution in [1.29, 1.82) is 0 Å². The highest BCUT2D eigenvalue weighted by molar-refractivity contribution is 5.75. The fourth-order valence-electron chi connectivity index (χ4n) is 1.71. The maximum atomic E-state index is 11.0. The Balaban J connectivity index is 0.000000433. The van der Waals surface area contributed by atoms with Crippen LogP contribution in [-0.4, -0.2) is 36.2 Å². The van der Waals surface area contributed by atoms with Gasteiger partial charge in [0.2, 0.25) is 0 Å². The molecule has 0 aliphatic heterocycles. The Hall–Kier alpha value is -1.92. The van der Waals surface area contributed by atoms with Crippen LogP contribution in [0, 0.1) is 5.92 Å². The number of carbonyl (C=O) groups excluding carboxylic acids is 1. The lowest BCUT2D eigenvalue weighted by molar-refractivity contribution is -0.142. The topological polar surface area (TPSA) is 116 Å². The number of carbonyl (C=O) groups is 2. The summed E-state index contributed by atoms with van der Waals surface area (Å²) < 4.78 is 4.52. The number of carboxylic acids is 1. The molecule has 0 saturated heterocycles. The van der Waals surface area contributed by atoms with Gasteiger partial charge in [0.05, 0.1) is 7.11 Å². The Bertz CT molecular complexity index is 449. The molecule has 6 nitrogen and oxygen atoms in total. The summed E-state index contributed by atoms with van der Waals surface area (Å²) in [6.07, 6.45) is 1.07. The minimum atomic E-state index is -0.913. The number of hydrogen-bond acceptors (Lipinski definition) is 5. The van der Waals surface area contributed by atoms with Gasteiger partial charge in [0, 0.05) is 0 Å². The van der Waals surface area contributed by atoms with E-state index in [9.17, 15) is 9.59 Å². The predicted octanol–water partition coefficient (Wildman–Crippen LogP) is 1.17. The summed E-state index contributed by atoms with van der Waals surface area (Å²) in [5.74, 6) is -0.927. The average Bonchev–Trinajstić information content (AvgIpc) is 2.47. The fourth-order valence-corrected chi connectivity index (χ4v) is 1.71. The zero-order valence-electron chi connectivity index (χ0n) is 13.4. The summed E-state index contributed by atoms with van der Waals surface area (Å²) in [7, 11) is 1.34. The van der Waals surface area contributed by atoms with E-state index < -0.39 is 18.1 Å². The van der Waals surface area contributed by atoms with E-state index in [0.717, 1.165) is 5.56 Å². The molecular formula is C16H26N2O4. The fraction of sp³-hybridized carbons (Fsp3) is 0.500. The normalized spacial score (nSPS) is 12.8. The van der Waals surface area contributed by atoms with Gasteiger partial charge in [-0.3, -0.25) is 9.59 Å². The van der Waals surface area contributed by atoms with Crippen LogP contribution in [-0.2, 0) is 20.7 Å². The number of aliphatic carboxylic acids is 1. The maximum Gasteiger partial charge on any atom is 0.322 e. The molecule has 0 amide bonds. The number of benzene rings is 1. The summed E-state index contributed by atoms with van der Waals surface area (Å²) in [5.41, 5.74) is 11.8. The molecule has 22 heavy (non-hydrogen) atoms. The van der Waals surface area contributed by atoms with Gasteiger partial charge in [0.15, 0.2) is 0 Å². The average molecular weight is 310 g/mol. The molecule has 1 rings (SSSR count). The number of rotatable bonds is 6. The second kappa shape index (κ2) is 10.8. The molecule has 6 heteroatoms. The maximum absolute atomic E-state index is 11.0. The first-order chi connectivity index (χ1) is 10.3. The van der Waals surface area contributed by atoms with Gasteiger partial charge in [-0.15, -0.1) is 0 Å². The summed E-state index contributed by atoms with van der Waals surface area (Å²) >= 11 is 0. The number of esters is 1. The van der Waals surface area contributed by atoms with Crippen LogP contribution < -0.4 is 11.5 Å². The van der Waals surface area contributed by atoms with E-state index in [0.29, 0.717) is 18.8 Å². The van der Waals surface area contributed by atoms with E-state index >= 15 is 0 Å². The van der Waals surface area contributed by atoms with Crippen LogP contribution in [0.5, 0.6) is 0 Å². The highest BCUT2D eigenvalue weighted by Gasteiger charge is 2.13. The number of ether oxygens (including phenoxy) is 1. The highest BCUT2D eigenvalue weighted by atomic mass is 16.5. The summed E-state index contributed by atoms with van der Waals surface area (Å²) in [4.78, 5) is 21.1. The second-order valence-corrected chi connectivity index (χ2v) is 5.39. The molecule has 0 radical (unpaired) electrons. The van der Waals surface area contributed by atoms with Crippen molar-refractivity contribution in [2.24, 2.45) is 17.4 Å². The van der Waals surface area contributed by atoms with Gasteiger partial charge in [0.25, 0.3) is 0 Å². The van der Waals surface area contributed by atoms with Crippen LogP contribution in [0.4, 0.5) is 0 Å². The Labute approximate surface area is 131 Å². The van der Waals surface area contributed by atoms with Gasteiger partial charge >= 0.3 is 11.9 Å². The van der Waals surface area contributed by atoms with Crippen LogP contribution in [0.1, 0.15) is 25.8 Å². The predicted molar refractivity (Wildman–Crippen MR) is 85.2 cm³/mol. The van der Waals surface area contributed by atoms with Gasteiger partial charge < -0.3 is 21.3 Å². The molecule has 0 fully saturated rings. The number of nitrogens with two attached hydrogens (primary N) is 2. The second-order valence-electron chi connectivity index (χ2n) is 5.39. The SMILES string of the molecule is CC(C)C[C@H](N)C(=O)O.COC(=O)[C@@H](N)Cc1ccccc1. The van der Waals surface area contributed by atoms with E-state index in [4.69, 9.17) is 16.6 Å². The van der Waals surface area contributed by atoms with E-state index in [2.05, 4.69) is 4.74 Å². The summed E-state index contributed by atoms with van der Waals surface area (Å²) in [6.45, 7) is 3.89. The van der Waals surface area contributed by atoms with Gasteiger partial charge in [-0.25, -0.2) is 0 Å². The van der Waals surface area contributed by atoms with Crippen LogP contribution in [0.25, 0.3) is 0 Å². The third-order valence-corrected chi connectivity index (χ3v) is 2.84. The zero-order chi connectivity index (χ0) is 17.1. The molecule has 0 aliphatic carbocycles. The molecule has 0 saturated carbocycles. The van der Waals surface area contributed by atoms with Crippen LogP contribution in [0.2, 0.25) is 0 Å². The Morgan fingerprint density at radius 2 is 1.68 bits per heavy atom. The molecule has 0 aromatic heterocycles. The Kier molecular flexibility index (Phi) is 9.82. The minimum Gasteiger partial charge on any atom is -0.480 e. The largest absolute Gasteiger partial charge is 0.480 e. The van der Waals surface area contributed by atoms with Crippen molar-refractivity contribution in [2.75, 3.05) is 7.11 Å². The minimum absolute atomic E-state index is 0.357. The Morgan fingerprint density at radius 1 is 1.14 bits per heavy atom. The van der Waals surface area contributed by atoms with Gasteiger partial charge in [-0.1, -0.05) is 44.2 Å². The van der Waals surface area contributed by atoms with Crippen molar-refractivity contribution in [2.45, 2.75) is 38.8 Å². The standard InChI is InChI=1S/C10H13NO2.C6H13NO2/c1-13-10(12)9(11)7-8-5-3-2-4-6-8;1-4(2)3-5(7)6(8)9/h2-6,9H,7,11H2,1H3;4-5H,3,7H2,1-2H3,(H,8,9)/t9-;5-/m00/s1. The summed E-state index contributed by atoms with van der Waals surface area (Å²) in [6, 6.07) is 8.37. The summed E-state index contributed by atoms with van der Waals surface area (Å²) in [5, 5.41) is 8.31. The lowest BCUT2D eigenvalue weighted by Gasteiger charge is -2.08. The van der Waals surface area contributed by atoms with Crippen molar-refractivity contribution in [3.63, 3.8) is 0 Å². The van der Waals surface area contributed by atoms with E-state index in [1.807, 2.05) is 44.2 Å². The molecule has 124 valence electrons. The number of hydrogen-bond donors (Lipinski definition) is 3. The first-order valence-corrected chi connectivity index (χ1v) is 7.13. The molecule has 1 aromatic rings. The Morgan fingerprint density at radius 3 is 2.05 bits per heavy atom. The van der Waals surface area contributed by atoms with Gasteiger partial charge in [-0.05, 0) is 24.3 Å². The van der Waals surface area contributed by atoms with Crippen molar-refractivity contribution in [3.05, 3.63) is 35.9 Å². The van der Waals surface area contributed by atoms with E-state index in [-0.39, 0.29) is 5.97 Å². The lowest BCUT2D eigenvalue weighted by Crippen LogP contribution is -2.33. The first kappa shape index (κ1) is 20.1. The van der Waals surface area contributed by atoms with Crippen LogP contribution >= 0.6 is 0 Å². The quantitative estimate of drug-likeness (QED) is 0.679. The van der Waals surface area contributed by atoms with E-state index in [1.165, 1.54) is 7.11 Å². The molecule has 1 aromatic carbocycles. The number of methoxy groups -OCH3 is 1. The van der Waals surface area contributed by atoms with Crippen molar-refractivity contribution < 1.29 is 19.4 Å². The van der Waals surface area contributed by atoms with E-state index in [1.54, 1.807) is 0 Å². The van der Waals surface area contributed by atoms with Gasteiger partial charge in [-0.2, -0.15) is 0 Å². The van der Waals surface area contributed by atoms with Crippen LogP contribution in [0.3, 0.4) is 0 Å². The first-order valence-electron chi connectivity index (χ1n) is 7.13.